The van der Waals surface area contributed by atoms with Crippen molar-refractivity contribution in [2.24, 2.45) is 0 Å². The van der Waals surface area contributed by atoms with E-state index < -0.39 is 0 Å². The highest BCUT2D eigenvalue weighted by atomic mass is 127. The highest BCUT2D eigenvalue weighted by molar-refractivity contribution is 14.1. The Morgan fingerprint density at radius 1 is 1.20 bits per heavy atom. The van der Waals surface area contributed by atoms with E-state index in [0.717, 1.165) is 20.2 Å². The second kappa shape index (κ2) is 6.38. The first-order valence-corrected chi connectivity index (χ1v) is 8.98. The summed E-state index contributed by atoms with van der Waals surface area (Å²) < 4.78 is 18.5. The van der Waals surface area contributed by atoms with Crippen LogP contribution in [0.5, 0.6) is 0 Å². The molecule has 4 rings (SSSR count). The normalized spacial score (nSPS) is 12.6. The van der Waals surface area contributed by atoms with Gasteiger partial charge in [-0.25, -0.2) is 19.0 Å². The standard InChI is InChI=1S/C17H12ClFIN5/c1-10(24-8-13(20)15-16(18)21-9-22-17(15)24)11-6-23-25(7-11)14-5-3-2-4-12(14)19/h2-10H,1H3. The number of hydrogen-bond acceptors (Lipinski definition) is 3. The summed E-state index contributed by atoms with van der Waals surface area (Å²) >= 11 is 8.42. The second-order valence-corrected chi connectivity index (χ2v) is 7.11. The van der Waals surface area contributed by atoms with Gasteiger partial charge in [-0.1, -0.05) is 23.7 Å². The Hall–Kier alpha value is -2.00. The van der Waals surface area contributed by atoms with Crippen LogP contribution in [-0.2, 0) is 0 Å². The maximum absolute atomic E-state index is 14.0. The van der Waals surface area contributed by atoms with Crippen LogP contribution >= 0.6 is 34.2 Å². The lowest BCUT2D eigenvalue weighted by atomic mass is 10.2. The Balaban J connectivity index is 1.77. The third kappa shape index (κ3) is 2.81. The zero-order valence-corrected chi connectivity index (χ0v) is 16.0. The lowest BCUT2D eigenvalue weighted by Gasteiger charge is -2.12. The molecule has 0 radical (unpaired) electrons. The zero-order chi connectivity index (χ0) is 17.6. The summed E-state index contributed by atoms with van der Waals surface area (Å²) in [5, 5.41) is 5.57. The maximum Gasteiger partial charge on any atom is 0.148 e. The predicted octanol–water partition coefficient (Wildman–Crippen LogP) is 4.62. The molecule has 0 aliphatic rings. The van der Waals surface area contributed by atoms with Crippen LogP contribution in [-0.4, -0.2) is 24.3 Å². The first-order chi connectivity index (χ1) is 12.1. The molecule has 5 nitrogen and oxygen atoms in total. The average molecular weight is 468 g/mol. The average Bonchev–Trinajstić information content (AvgIpc) is 3.21. The molecule has 0 saturated heterocycles. The lowest BCUT2D eigenvalue weighted by molar-refractivity contribution is 0.610. The molecule has 0 spiro atoms. The number of hydrogen-bond donors (Lipinski definition) is 0. The van der Waals surface area contributed by atoms with Crippen molar-refractivity contribution in [2.45, 2.75) is 13.0 Å². The number of rotatable bonds is 3. The van der Waals surface area contributed by atoms with Crippen LogP contribution in [0.4, 0.5) is 4.39 Å². The summed E-state index contributed by atoms with van der Waals surface area (Å²) in [6.45, 7) is 2.04. The van der Waals surface area contributed by atoms with Gasteiger partial charge in [0.25, 0.3) is 0 Å². The molecule has 3 aromatic heterocycles. The van der Waals surface area contributed by atoms with Gasteiger partial charge in [0.2, 0.25) is 0 Å². The second-order valence-electron chi connectivity index (χ2n) is 5.59. The van der Waals surface area contributed by atoms with Crippen LogP contribution in [0.25, 0.3) is 16.7 Å². The summed E-state index contributed by atoms with van der Waals surface area (Å²) in [5.74, 6) is -0.315. The summed E-state index contributed by atoms with van der Waals surface area (Å²) in [4.78, 5) is 8.41. The third-order valence-electron chi connectivity index (χ3n) is 4.12. The van der Waals surface area contributed by atoms with E-state index in [2.05, 4.69) is 37.7 Å². The molecule has 0 aliphatic carbocycles. The molecule has 0 amide bonds. The Morgan fingerprint density at radius 3 is 2.80 bits per heavy atom. The summed E-state index contributed by atoms with van der Waals surface area (Å²) in [6.07, 6.45) is 6.99. The van der Waals surface area contributed by atoms with E-state index in [9.17, 15) is 4.39 Å². The predicted molar refractivity (Wildman–Crippen MR) is 103 cm³/mol. The van der Waals surface area contributed by atoms with Gasteiger partial charge < -0.3 is 4.57 Å². The van der Waals surface area contributed by atoms with E-state index in [1.807, 2.05) is 23.9 Å². The van der Waals surface area contributed by atoms with Gasteiger partial charge in [-0.05, 0) is 41.6 Å². The SMILES string of the molecule is CC(c1cnn(-c2ccccc2F)c1)n1cc(I)c2c(Cl)ncnc21. The molecule has 0 aliphatic heterocycles. The van der Waals surface area contributed by atoms with Crippen LogP contribution < -0.4 is 0 Å². The number of nitrogens with zero attached hydrogens (tertiary/aromatic N) is 5. The highest BCUT2D eigenvalue weighted by Crippen LogP contribution is 2.31. The summed E-state index contributed by atoms with van der Waals surface area (Å²) in [7, 11) is 0. The van der Waals surface area contributed by atoms with Crippen molar-refractivity contribution in [1.29, 1.82) is 0 Å². The van der Waals surface area contributed by atoms with E-state index in [1.165, 1.54) is 12.4 Å². The maximum atomic E-state index is 14.0. The monoisotopic (exact) mass is 467 g/mol. The minimum Gasteiger partial charge on any atom is -0.324 e. The minimum absolute atomic E-state index is 0.0440. The van der Waals surface area contributed by atoms with Gasteiger partial charge in [0, 0.05) is 21.5 Å². The molecule has 0 bridgehead atoms. The largest absolute Gasteiger partial charge is 0.324 e. The van der Waals surface area contributed by atoms with Crippen molar-refractivity contribution in [3.05, 3.63) is 69.3 Å². The van der Waals surface area contributed by atoms with Crippen molar-refractivity contribution in [1.82, 2.24) is 24.3 Å². The molecule has 126 valence electrons. The first kappa shape index (κ1) is 16.5. The molecule has 25 heavy (non-hydrogen) atoms. The van der Waals surface area contributed by atoms with Crippen LogP contribution in [0.3, 0.4) is 0 Å². The highest BCUT2D eigenvalue weighted by Gasteiger charge is 2.18. The minimum atomic E-state index is -0.315. The Kier molecular flexibility index (Phi) is 4.20. The molecule has 8 heteroatoms. The molecule has 3 heterocycles. The van der Waals surface area contributed by atoms with Crippen molar-refractivity contribution in [3.8, 4) is 5.69 Å². The van der Waals surface area contributed by atoms with E-state index in [-0.39, 0.29) is 11.9 Å². The number of para-hydroxylation sites is 1. The Morgan fingerprint density at radius 2 is 2.00 bits per heavy atom. The van der Waals surface area contributed by atoms with Gasteiger partial charge in [-0.3, -0.25) is 0 Å². The molecule has 0 N–H and O–H groups in total. The van der Waals surface area contributed by atoms with Gasteiger partial charge in [-0.15, -0.1) is 0 Å². The van der Waals surface area contributed by atoms with Crippen LogP contribution in [0.15, 0.2) is 49.2 Å². The molecular formula is C17H12ClFIN5. The van der Waals surface area contributed by atoms with Crippen molar-refractivity contribution in [2.75, 3.05) is 0 Å². The molecule has 1 unspecified atom stereocenters. The fraction of sp³-hybridized carbons (Fsp3) is 0.118. The van der Waals surface area contributed by atoms with Crippen molar-refractivity contribution < 1.29 is 4.39 Å². The molecule has 0 fully saturated rings. The Bertz CT molecular complexity index is 1070. The van der Waals surface area contributed by atoms with Crippen LogP contribution in [0.2, 0.25) is 5.15 Å². The summed E-state index contributed by atoms with van der Waals surface area (Å²) in [6, 6.07) is 6.50. The lowest BCUT2D eigenvalue weighted by Crippen LogP contribution is -2.05. The van der Waals surface area contributed by atoms with Gasteiger partial charge in [0.15, 0.2) is 0 Å². The first-order valence-electron chi connectivity index (χ1n) is 7.52. The van der Waals surface area contributed by atoms with Gasteiger partial charge in [-0.2, -0.15) is 5.10 Å². The van der Waals surface area contributed by atoms with E-state index in [1.54, 1.807) is 29.1 Å². The molecular weight excluding hydrogens is 456 g/mol. The fourth-order valence-corrected chi connectivity index (χ4v) is 3.97. The number of fused-ring (bicyclic) bond motifs is 1. The molecule has 0 saturated carbocycles. The molecule has 1 atom stereocenters. The van der Waals surface area contributed by atoms with E-state index in [4.69, 9.17) is 11.6 Å². The smallest absolute Gasteiger partial charge is 0.148 e. The molecule has 4 aromatic rings. The van der Waals surface area contributed by atoms with E-state index in [0.29, 0.717) is 10.8 Å². The summed E-state index contributed by atoms with van der Waals surface area (Å²) in [5.41, 5.74) is 2.11. The quantitative estimate of drug-likeness (QED) is 0.326. The van der Waals surface area contributed by atoms with Crippen molar-refractivity contribution in [3.63, 3.8) is 0 Å². The molecule has 1 aromatic carbocycles. The number of aromatic nitrogens is 5. The topological polar surface area (TPSA) is 48.5 Å². The fourth-order valence-electron chi connectivity index (χ4n) is 2.78. The zero-order valence-electron chi connectivity index (χ0n) is 13.1. The van der Waals surface area contributed by atoms with Crippen LogP contribution in [0, 0.1) is 9.39 Å². The third-order valence-corrected chi connectivity index (χ3v) is 5.22. The van der Waals surface area contributed by atoms with Gasteiger partial charge in [0.1, 0.15) is 28.6 Å². The number of benzene rings is 1. The van der Waals surface area contributed by atoms with E-state index >= 15 is 0 Å². The van der Waals surface area contributed by atoms with Gasteiger partial charge in [0.05, 0.1) is 17.6 Å². The Labute approximate surface area is 161 Å². The van der Waals surface area contributed by atoms with Crippen LogP contribution in [0.1, 0.15) is 18.5 Å². The van der Waals surface area contributed by atoms with Gasteiger partial charge >= 0.3 is 0 Å². The van der Waals surface area contributed by atoms with Crippen molar-refractivity contribution >= 4 is 45.2 Å². The number of halogens is 3.